The number of Topliss-reactive ketones (excluding diaryl/α,β-unsaturated/α-hetero) is 1. The molecule has 25 heavy (non-hydrogen) atoms. The molecular weight excluding hydrogens is 327 g/mol. The van der Waals surface area contributed by atoms with Gasteiger partial charge >= 0.3 is 6.18 Å². The van der Waals surface area contributed by atoms with Gasteiger partial charge in [0.25, 0.3) is 0 Å². The van der Waals surface area contributed by atoms with E-state index in [4.69, 9.17) is 0 Å². The van der Waals surface area contributed by atoms with Gasteiger partial charge in [0.15, 0.2) is 5.78 Å². The van der Waals surface area contributed by atoms with Crippen LogP contribution in [0, 0.1) is 19.8 Å². The van der Waals surface area contributed by atoms with Gasteiger partial charge in [-0.3, -0.25) is 4.79 Å². The molecule has 1 saturated heterocycles. The lowest BCUT2D eigenvalue weighted by Crippen LogP contribution is -2.36. The molecule has 0 unspecified atom stereocenters. The number of rotatable bonds is 4. The highest BCUT2D eigenvalue weighted by atomic mass is 19.4. The molecule has 0 N–H and O–H groups in total. The zero-order valence-electron chi connectivity index (χ0n) is 15.0. The van der Waals surface area contributed by atoms with E-state index < -0.39 is 11.7 Å². The van der Waals surface area contributed by atoms with Gasteiger partial charge in [-0.25, -0.2) is 0 Å². The third-order valence-corrected chi connectivity index (χ3v) is 5.82. The van der Waals surface area contributed by atoms with Crippen molar-refractivity contribution in [3.63, 3.8) is 0 Å². The highest BCUT2D eigenvalue weighted by molar-refractivity contribution is 5.99. The molecule has 0 aromatic heterocycles. The smallest absolute Gasteiger partial charge is 0.300 e. The molecule has 2 nitrogen and oxygen atoms in total. The van der Waals surface area contributed by atoms with Crippen LogP contribution >= 0.6 is 0 Å². The number of carbonyl (C=O) groups excluding carboxylic acids is 1. The van der Waals surface area contributed by atoms with E-state index >= 15 is 0 Å². The van der Waals surface area contributed by atoms with Crippen molar-refractivity contribution in [3.8, 4) is 0 Å². The second kappa shape index (κ2) is 7.10. The molecule has 3 rings (SSSR count). The van der Waals surface area contributed by atoms with Gasteiger partial charge in [-0.2, -0.15) is 13.2 Å². The van der Waals surface area contributed by atoms with Crippen LogP contribution in [0.25, 0.3) is 0 Å². The molecule has 0 amide bonds. The Bertz CT molecular complexity index is 624. The summed E-state index contributed by atoms with van der Waals surface area (Å²) in [4.78, 5) is 15.4. The Labute approximate surface area is 147 Å². The molecule has 1 saturated carbocycles. The number of likely N-dealkylation sites (tertiary alicyclic amines) is 1. The fourth-order valence-electron chi connectivity index (χ4n) is 4.72. The topological polar surface area (TPSA) is 20.3 Å². The summed E-state index contributed by atoms with van der Waals surface area (Å²) in [5.41, 5.74) is 0.691. The molecule has 1 heterocycles. The number of benzene rings is 1. The lowest BCUT2D eigenvalue weighted by molar-refractivity contribution is -0.137. The van der Waals surface area contributed by atoms with Gasteiger partial charge in [-0.15, -0.1) is 0 Å². The Hall–Kier alpha value is -1.36. The molecule has 5 heteroatoms. The molecule has 2 aliphatic rings. The van der Waals surface area contributed by atoms with Gasteiger partial charge in [-0.05, 0) is 81.8 Å². The first-order valence-corrected chi connectivity index (χ1v) is 9.23. The Morgan fingerprint density at radius 3 is 2.24 bits per heavy atom. The van der Waals surface area contributed by atoms with E-state index in [-0.39, 0.29) is 5.78 Å². The second-order valence-electron chi connectivity index (χ2n) is 7.61. The third kappa shape index (κ3) is 3.91. The monoisotopic (exact) mass is 353 g/mol. The summed E-state index contributed by atoms with van der Waals surface area (Å²) in [6, 6.07) is 2.68. The van der Waals surface area contributed by atoms with Gasteiger partial charge < -0.3 is 4.90 Å². The SMILES string of the molecule is Cc1cc(C(F)(F)F)cc(C)c1C(=O)C[C@H]1CCC[C@H]1N1CCCC1. The highest BCUT2D eigenvalue weighted by Crippen LogP contribution is 2.36. The number of aryl methyl sites for hydroxylation is 2. The van der Waals surface area contributed by atoms with Crippen molar-refractivity contribution in [1.82, 2.24) is 4.90 Å². The van der Waals surface area contributed by atoms with Gasteiger partial charge in [0.05, 0.1) is 5.56 Å². The van der Waals surface area contributed by atoms with Crippen molar-refractivity contribution >= 4 is 5.78 Å². The van der Waals surface area contributed by atoms with Crippen LogP contribution in [0.2, 0.25) is 0 Å². The van der Waals surface area contributed by atoms with Gasteiger partial charge in [0.2, 0.25) is 0 Å². The molecule has 2 fully saturated rings. The van der Waals surface area contributed by atoms with Crippen LogP contribution in [-0.4, -0.2) is 29.8 Å². The first kappa shape index (κ1) is 18.4. The van der Waals surface area contributed by atoms with E-state index in [1.807, 2.05) is 0 Å². The van der Waals surface area contributed by atoms with Crippen LogP contribution in [-0.2, 0) is 6.18 Å². The fourth-order valence-corrected chi connectivity index (χ4v) is 4.72. The van der Waals surface area contributed by atoms with Crippen molar-refractivity contribution in [2.75, 3.05) is 13.1 Å². The van der Waals surface area contributed by atoms with Crippen LogP contribution in [0.4, 0.5) is 13.2 Å². The highest BCUT2D eigenvalue weighted by Gasteiger charge is 2.36. The van der Waals surface area contributed by atoms with Crippen molar-refractivity contribution in [2.45, 2.75) is 64.6 Å². The summed E-state index contributed by atoms with van der Waals surface area (Å²) < 4.78 is 38.8. The normalized spacial score (nSPS) is 24.8. The molecule has 1 aromatic carbocycles. The van der Waals surface area contributed by atoms with Crippen molar-refractivity contribution in [3.05, 3.63) is 34.4 Å². The summed E-state index contributed by atoms with van der Waals surface area (Å²) in [5, 5.41) is 0. The van der Waals surface area contributed by atoms with Crippen molar-refractivity contribution < 1.29 is 18.0 Å². The largest absolute Gasteiger partial charge is 0.416 e. The van der Waals surface area contributed by atoms with E-state index in [0.717, 1.165) is 44.5 Å². The molecule has 0 radical (unpaired) electrons. The first-order chi connectivity index (χ1) is 11.8. The van der Waals surface area contributed by atoms with E-state index in [9.17, 15) is 18.0 Å². The number of nitrogens with zero attached hydrogens (tertiary/aromatic N) is 1. The Morgan fingerprint density at radius 2 is 1.68 bits per heavy atom. The number of hydrogen-bond donors (Lipinski definition) is 0. The van der Waals surface area contributed by atoms with Gasteiger partial charge in [-0.1, -0.05) is 6.42 Å². The second-order valence-corrected chi connectivity index (χ2v) is 7.61. The molecule has 0 spiro atoms. The fraction of sp³-hybridized carbons (Fsp3) is 0.650. The molecule has 1 aliphatic carbocycles. The molecular formula is C20H26F3NO. The number of ketones is 1. The summed E-state index contributed by atoms with van der Waals surface area (Å²) in [6.45, 7) is 5.46. The zero-order chi connectivity index (χ0) is 18.2. The molecule has 1 aromatic rings. The summed E-state index contributed by atoms with van der Waals surface area (Å²) in [6.07, 6.45) is 1.87. The van der Waals surface area contributed by atoms with Gasteiger partial charge in [0.1, 0.15) is 0 Å². The maximum atomic E-state index is 12.9. The number of carbonyl (C=O) groups is 1. The van der Waals surface area contributed by atoms with E-state index in [2.05, 4.69) is 4.90 Å². The Morgan fingerprint density at radius 1 is 1.08 bits per heavy atom. The number of hydrogen-bond acceptors (Lipinski definition) is 2. The maximum absolute atomic E-state index is 12.9. The van der Waals surface area contributed by atoms with Crippen LogP contribution in [0.5, 0.6) is 0 Å². The van der Waals surface area contributed by atoms with Crippen LogP contribution in [0.1, 0.15) is 65.6 Å². The predicted octanol–water partition coefficient (Wildman–Crippen LogP) is 5.16. The quantitative estimate of drug-likeness (QED) is 0.697. The van der Waals surface area contributed by atoms with E-state index in [1.54, 1.807) is 13.8 Å². The molecule has 1 aliphatic heterocycles. The van der Waals surface area contributed by atoms with Gasteiger partial charge in [0, 0.05) is 18.0 Å². The minimum absolute atomic E-state index is 0.000165. The van der Waals surface area contributed by atoms with Crippen molar-refractivity contribution in [2.24, 2.45) is 5.92 Å². The van der Waals surface area contributed by atoms with Crippen molar-refractivity contribution in [1.29, 1.82) is 0 Å². The average molecular weight is 353 g/mol. The Kier molecular flexibility index (Phi) is 5.24. The summed E-state index contributed by atoms with van der Waals surface area (Å²) in [5.74, 6) is 0.339. The molecule has 138 valence electrons. The summed E-state index contributed by atoms with van der Waals surface area (Å²) >= 11 is 0. The zero-order valence-corrected chi connectivity index (χ0v) is 15.0. The molecule has 2 atom stereocenters. The predicted molar refractivity (Wildman–Crippen MR) is 91.8 cm³/mol. The standard InChI is InChI=1S/C20H26F3NO/c1-13-10-16(20(21,22)23)11-14(2)19(13)18(25)12-15-6-5-7-17(15)24-8-3-4-9-24/h10-11,15,17H,3-9,12H2,1-2H3/t15-,17-/m1/s1. The molecule has 0 bridgehead atoms. The first-order valence-electron chi connectivity index (χ1n) is 9.23. The number of alkyl halides is 3. The lowest BCUT2D eigenvalue weighted by atomic mass is 9.89. The lowest BCUT2D eigenvalue weighted by Gasteiger charge is -2.29. The van der Waals surface area contributed by atoms with Crippen LogP contribution in [0.3, 0.4) is 0 Å². The van der Waals surface area contributed by atoms with E-state index in [0.29, 0.717) is 35.1 Å². The Balaban J connectivity index is 1.77. The van der Waals surface area contributed by atoms with Crippen LogP contribution in [0.15, 0.2) is 12.1 Å². The maximum Gasteiger partial charge on any atom is 0.416 e. The average Bonchev–Trinajstić information content (AvgIpc) is 3.15. The third-order valence-electron chi connectivity index (χ3n) is 5.82. The van der Waals surface area contributed by atoms with Crippen LogP contribution < -0.4 is 0 Å². The summed E-state index contributed by atoms with van der Waals surface area (Å²) in [7, 11) is 0. The minimum Gasteiger partial charge on any atom is -0.300 e. The van der Waals surface area contributed by atoms with E-state index in [1.165, 1.54) is 12.8 Å². The number of halogens is 3. The minimum atomic E-state index is -4.37.